The number of carbonyl (C=O) groups is 1. The number of aromatic nitrogens is 1. The number of carbonyl (C=O) groups excluding carboxylic acids is 1. The van der Waals surface area contributed by atoms with E-state index in [1.54, 1.807) is 37.2 Å². The minimum absolute atomic E-state index is 0.131. The maximum absolute atomic E-state index is 13.8. The Balaban J connectivity index is 1.80. The maximum atomic E-state index is 13.8. The molecule has 3 rings (SSSR count). The minimum Gasteiger partial charge on any atom is -0.448 e. The van der Waals surface area contributed by atoms with Crippen molar-refractivity contribution in [1.82, 2.24) is 9.88 Å². The molecule has 0 unspecified atom stereocenters. The maximum Gasteiger partial charge on any atom is 0.289 e. The second kappa shape index (κ2) is 6.20. The molecule has 1 amide bonds. The molecule has 0 radical (unpaired) electrons. The van der Waals surface area contributed by atoms with Gasteiger partial charge < -0.3 is 9.32 Å². The van der Waals surface area contributed by atoms with Crippen LogP contribution in [0.5, 0.6) is 0 Å². The zero-order valence-electron chi connectivity index (χ0n) is 13.0. The van der Waals surface area contributed by atoms with Crippen molar-refractivity contribution in [3.63, 3.8) is 0 Å². The quantitative estimate of drug-likeness (QED) is 0.739. The first-order valence-corrected chi connectivity index (χ1v) is 7.41. The molecule has 0 saturated heterocycles. The average Bonchev–Trinajstić information content (AvgIpc) is 2.91. The molecular weight excluding hydrogens is 295 g/mol. The number of aryl methyl sites for hydroxylation is 1. The molecule has 0 spiro atoms. The Kier molecular flexibility index (Phi) is 4.10. The number of hydrogen-bond donors (Lipinski definition) is 0. The van der Waals surface area contributed by atoms with Gasteiger partial charge in [0.2, 0.25) is 0 Å². The summed E-state index contributed by atoms with van der Waals surface area (Å²) in [7, 11) is 1.70. The molecule has 0 aliphatic heterocycles. The number of para-hydroxylation sites is 1. The molecule has 2 aromatic heterocycles. The van der Waals surface area contributed by atoms with Crippen molar-refractivity contribution >= 4 is 16.9 Å². The van der Waals surface area contributed by atoms with Crippen LogP contribution in [0, 0.1) is 12.7 Å². The Morgan fingerprint density at radius 1 is 1.26 bits per heavy atom. The second-order valence-corrected chi connectivity index (χ2v) is 5.47. The molecule has 0 fully saturated rings. The van der Waals surface area contributed by atoms with Crippen LogP contribution in [0.15, 0.2) is 47.0 Å². The summed E-state index contributed by atoms with van der Waals surface area (Å²) in [6, 6.07) is 10.4. The fraction of sp³-hybridized carbons (Fsp3) is 0.222. The highest BCUT2D eigenvalue weighted by atomic mass is 19.1. The summed E-state index contributed by atoms with van der Waals surface area (Å²) in [5.74, 6) is -0.525. The van der Waals surface area contributed by atoms with Crippen molar-refractivity contribution < 1.29 is 13.6 Å². The van der Waals surface area contributed by atoms with Crippen molar-refractivity contribution in [1.29, 1.82) is 0 Å². The van der Waals surface area contributed by atoms with Crippen molar-refractivity contribution in [3.8, 4) is 0 Å². The molecule has 3 aromatic rings. The number of hydrogen-bond acceptors (Lipinski definition) is 3. The van der Waals surface area contributed by atoms with E-state index >= 15 is 0 Å². The Labute approximate surface area is 133 Å². The molecule has 0 aliphatic rings. The number of pyridine rings is 1. The Hall–Kier alpha value is -2.69. The molecule has 118 valence electrons. The molecule has 0 saturated carbocycles. The van der Waals surface area contributed by atoms with Gasteiger partial charge in [-0.2, -0.15) is 0 Å². The number of benzene rings is 1. The van der Waals surface area contributed by atoms with Crippen molar-refractivity contribution in [2.75, 3.05) is 13.6 Å². The lowest BCUT2D eigenvalue weighted by Gasteiger charge is -2.15. The SMILES string of the molecule is Cc1c(C(=O)N(C)CCc2ccccn2)oc2c(F)cccc12. The molecule has 0 N–H and O–H groups in total. The number of fused-ring (bicyclic) bond motifs is 1. The second-order valence-electron chi connectivity index (χ2n) is 5.47. The van der Waals surface area contributed by atoms with Crippen LogP contribution in [-0.4, -0.2) is 29.4 Å². The van der Waals surface area contributed by atoms with Gasteiger partial charge in [-0.1, -0.05) is 18.2 Å². The number of likely N-dealkylation sites (N-methyl/N-ethyl adjacent to an activating group) is 1. The van der Waals surface area contributed by atoms with Crippen molar-refractivity contribution in [3.05, 3.63) is 65.4 Å². The van der Waals surface area contributed by atoms with Gasteiger partial charge in [0.15, 0.2) is 17.2 Å². The van der Waals surface area contributed by atoms with Gasteiger partial charge in [-0.05, 0) is 25.1 Å². The van der Waals surface area contributed by atoms with E-state index in [0.29, 0.717) is 23.9 Å². The number of halogens is 1. The zero-order chi connectivity index (χ0) is 16.4. The number of amides is 1. The molecule has 0 aliphatic carbocycles. The molecule has 0 bridgehead atoms. The average molecular weight is 312 g/mol. The summed E-state index contributed by atoms with van der Waals surface area (Å²) in [4.78, 5) is 18.4. The van der Waals surface area contributed by atoms with E-state index in [0.717, 1.165) is 5.69 Å². The van der Waals surface area contributed by atoms with Crippen LogP contribution in [-0.2, 0) is 6.42 Å². The zero-order valence-corrected chi connectivity index (χ0v) is 13.0. The van der Waals surface area contributed by atoms with E-state index in [1.807, 2.05) is 18.2 Å². The summed E-state index contributed by atoms with van der Waals surface area (Å²) in [6.07, 6.45) is 2.38. The normalized spacial score (nSPS) is 10.9. The summed E-state index contributed by atoms with van der Waals surface area (Å²) in [5, 5.41) is 0.631. The summed E-state index contributed by atoms with van der Waals surface area (Å²) >= 11 is 0. The molecule has 2 heterocycles. The third kappa shape index (κ3) is 2.95. The lowest BCUT2D eigenvalue weighted by Crippen LogP contribution is -2.29. The summed E-state index contributed by atoms with van der Waals surface area (Å²) < 4.78 is 19.3. The van der Waals surface area contributed by atoms with Gasteiger partial charge in [0, 0.05) is 42.9 Å². The predicted molar refractivity (Wildman–Crippen MR) is 85.8 cm³/mol. The molecule has 0 atom stereocenters. The first-order valence-electron chi connectivity index (χ1n) is 7.41. The van der Waals surface area contributed by atoms with E-state index in [2.05, 4.69) is 4.98 Å². The van der Waals surface area contributed by atoms with Crippen LogP contribution in [0.4, 0.5) is 4.39 Å². The fourth-order valence-electron chi connectivity index (χ4n) is 2.52. The van der Waals surface area contributed by atoms with E-state index in [-0.39, 0.29) is 17.3 Å². The van der Waals surface area contributed by atoms with Crippen LogP contribution in [0.2, 0.25) is 0 Å². The topological polar surface area (TPSA) is 46.3 Å². The van der Waals surface area contributed by atoms with Gasteiger partial charge >= 0.3 is 0 Å². The fourth-order valence-corrected chi connectivity index (χ4v) is 2.52. The van der Waals surface area contributed by atoms with Gasteiger partial charge in [-0.25, -0.2) is 4.39 Å². The van der Waals surface area contributed by atoms with Crippen molar-refractivity contribution in [2.45, 2.75) is 13.3 Å². The highest BCUT2D eigenvalue weighted by Gasteiger charge is 2.22. The largest absolute Gasteiger partial charge is 0.448 e. The lowest BCUT2D eigenvalue weighted by atomic mass is 10.1. The minimum atomic E-state index is -0.458. The van der Waals surface area contributed by atoms with Gasteiger partial charge in [-0.15, -0.1) is 0 Å². The smallest absolute Gasteiger partial charge is 0.289 e. The van der Waals surface area contributed by atoms with Crippen LogP contribution < -0.4 is 0 Å². The highest BCUT2D eigenvalue weighted by Crippen LogP contribution is 2.27. The molecule has 5 heteroatoms. The van der Waals surface area contributed by atoms with Gasteiger partial charge in [-0.3, -0.25) is 9.78 Å². The van der Waals surface area contributed by atoms with Crippen LogP contribution in [0.1, 0.15) is 21.8 Å². The predicted octanol–water partition coefficient (Wildman–Crippen LogP) is 3.59. The third-order valence-electron chi connectivity index (χ3n) is 3.89. The Morgan fingerprint density at radius 3 is 2.78 bits per heavy atom. The number of furan rings is 1. The van der Waals surface area contributed by atoms with Gasteiger partial charge in [0.25, 0.3) is 5.91 Å². The Morgan fingerprint density at radius 2 is 2.09 bits per heavy atom. The van der Waals surface area contributed by atoms with E-state index in [9.17, 15) is 9.18 Å². The summed E-state index contributed by atoms with van der Waals surface area (Å²) in [6.45, 7) is 2.28. The van der Waals surface area contributed by atoms with Gasteiger partial charge in [0.05, 0.1) is 0 Å². The lowest BCUT2D eigenvalue weighted by molar-refractivity contribution is 0.0766. The standard InChI is InChI=1S/C18H17FN2O2/c1-12-14-7-5-8-15(19)17(14)23-16(12)18(22)21(2)11-9-13-6-3-4-10-20-13/h3-8,10H,9,11H2,1-2H3. The molecule has 1 aromatic carbocycles. The molecule has 23 heavy (non-hydrogen) atoms. The van der Waals surface area contributed by atoms with E-state index < -0.39 is 5.82 Å². The van der Waals surface area contributed by atoms with E-state index in [4.69, 9.17) is 4.42 Å². The first-order chi connectivity index (χ1) is 11.1. The monoisotopic (exact) mass is 312 g/mol. The van der Waals surface area contributed by atoms with Crippen LogP contribution in [0.25, 0.3) is 11.0 Å². The van der Waals surface area contributed by atoms with Gasteiger partial charge in [0.1, 0.15) is 0 Å². The summed E-state index contributed by atoms with van der Waals surface area (Å²) in [5.41, 5.74) is 1.71. The van der Waals surface area contributed by atoms with E-state index in [1.165, 1.54) is 6.07 Å². The first kappa shape index (κ1) is 15.2. The highest BCUT2D eigenvalue weighted by molar-refractivity contribution is 5.98. The van der Waals surface area contributed by atoms with Crippen LogP contribution >= 0.6 is 0 Å². The van der Waals surface area contributed by atoms with Crippen LogP contribution in [0.3, 0.4) is 0 Å². The Bertz CT molecular complexity index is 843. The third-order valence-corrected chi connectivity index (χ3v) is 3.89. The number of nitrogens with zero attached hydrogens (tertiary/aromatic N) is 2. The molecule has 4 nitrogen and oxygen atoms in total. The van der Waals surface area contributed by atoms with Crippen molar-refractivity contribution in [2.24, 2.45) is 0 Å². The molecular formula is C18H17FN2O2. The number of rotatable bonds is 4.